The summed E-state index contributed by atoms with van der Waals surface area (Å²) < 4.78 is 0. The highest BCUT2D eigenvalue weighted by Gasteiger charge is 2.13. The molecule has 0 amide bonds. The first-order chi connectivity index (χ1) is 4.83. The van der Waals surface area contributed by atoms with Crippen molar-refractivity contribution in [2.24, 2.45) is 5.92 Å². The molecule has 1 atom stereocenters. The van der Waals surface area contributed by atoms with Crippen LogP contribution in [0.4, 0.5) is 0 Å². The minimum Gasteiger partial charge on any atom is -0.396 e. The number of aliphatic hydroxyl groups excluding tert-OH is 1. The Morgan fingerprint density at radius 3 is 3.20 bits per heavy atom. The Balaban J connectivity index is 2.30. The highest BCUT2D eigenvalue weighted by atomic mass is 16.3. The van der Waals surface area contributed by atoms with Crippen LogP contribution in [0.1, 0.15) is 0 Å². The van der Waals surface area contributed by atoms with E-state index in [-0.39, 0.29) is 0 Å². The maximum absolute atomic E-state index is 8.87. The van der Waals surface area contributed by atoms with Gasteiger partial charge in [-0.25, -0.2) is 0 Å². The van der Waals surface area contributed by atoms with Crippen LogP contribution in [-0.2, 0) is 0 Å². The van der Waals surface area contributed by atoms with Crippen LogP contribution in [0.15, 0.2) is 0 Å². The third kappa shape index (κ3) is 2.25. The highest BCUT2D eigenvalue weighted by Crippen LogP contribution is 1.99. The number of nitrogens with one attached hydrogen (secondary N) is 1. The third-order valence-corrected chi connectivity index (χ3v) is 1.93. The maximum Gasteiger partial charge on any atom is 0.0483 e. The van der Waals surface area contributed by atoms with E-state index in [2.05, 4.69) is 17.3 Å². The summed E-state index contributed by atoms with van der Waals surface area (Å²) >= 11 is 0. The van der Waals surface area contributed by atoms with Crippen LogP contribution >= 0.6 is 0 Å². The van der Waals surface area contributed by atoms with Crippen molar-refractivity contribution >= 4 is 0 Å². The van der Waals surface area contributed by atoms with Crippen LogP contribution in [0, 0.1) is 5.92 Å². The first kappa shape index (κ1) is 7.98. The molecule has 0 bridgehead atoms. The second-order valence-corrected chi connectivity index (χ2v) is 3.01. The first-order valence-electron chi connectivity index (χ1n) is 3.83. The molecule has 0 aromatic rings. The minimum absolute atomic E-state index is 0.303. The van der Waals surface area contributed by atoms with Gasteiger partial charge in [0.2, 0.25) is 0 Å². The zero-order chi connectivity index (χ0) is 7.40. The lowest BCUT2D eigenvalue weighted by Crippen LogP contribution is -2.27. The molecular formula is C7H16N2O. The third-order valence-electron chi connectivity index (χ3n) is 1.93. The van der Waals surface area contributed by atoms with Gasteiger partial charge in [-0.2, -0.15) is 0 Å². The molecule has 1 rings (SSSR count). The van der Waals surface area contributed by atoms with Crippen molar-refractivity contribution in [3.05, 3.63) is 0 Å². The molecule has 0 spiro atoms. The van der Waals surface area contributed by atoms with E-state index < -0.39 is 0 Å². The van der Waals surface area contributed by atoms with E-state index in [9.17, 15) is 0 Å². The summed E-state index contributed by atoms with van der Waals surface area (Å²) in [6.07, 6.45) is 0. The topological polar surface area (TPSA) is 35.5 Å². The molecule has 60 valence electrons. The van der Waals surface area contributed by atoms with Gasteiger partial charge in [-0.1, -0.05) is 0 Å². The van der Waals surface area contributed by atoms with Gasteiger partial charge in [0.25, 0.3) is 0 Å². The predicted molar refractivity (Wildman–Crippen MR) is 40.9 cm³/mol. The van der Waals surface area contributed by atoms with Gasteiger partial charge in [-0.3, -0.25) is 0 Å². The molecule has 2 N–H and O–H groups in total. The fourth-order valence-electron chi connectivity index (χ4n) is 1.29. The van der Waals surface area contributed by atoms with Crippen LogP contribution in [0.25, 0.3) is 0 Å². The number of nitrogens with zero attached hydrogens (tertiary/aromatic N) is 1. The molecule has 3 nitrogen and oxygen atoms in total. The minimum atomic E-state index is 0.303. The number of hydrogen-bond acceptors (Lipinski definition) is 3. The quantitative estimate of drug-likeness (QED) is 0.502. The van der Waals surface area contributed by atoms with Crippen molar-refractivity contribution in [3.63, 3.8) is 0 Å². The van der Waals surface area contributed by atoms with Gasteiger partial charge in [0, 0.05) is 38.7 Å². The molecule has 1 aliphatic heterocycles. The number of rotatable bonds is 1. The molecular weight excluding hydrogens is 128 g/mol. The van der Waals surface area contributed by atoms with Crippen molar-refractivity contribution in [1.29, 1.82) is 0 Å². The predicted octanol–water partition coefficient (Wildman–Crippen LogP) is -0.870. The average molecular weight is 144 g/mol. The molecule has 0 aromatic heterocycles. The van der Waals surface area contributed by atoms with Gasteiger partial charge in [0.05, 0.1) is 0 Å². The zero-order valence-corrected chi connectivity index (χ0v) is 6.51. The number of aliphatic hydroxyl groups is 1. The smallest absolute Gasteiger partial charge is 0.0483 e. The Labute approximate surface area is 62.0 Å². The van der Waals surface area contributed by atoms with Crippen molar-refractivity contribution in [2.75, 3.05) is 39.8 Å². The molecule has 1 heterocycles. The molecule has 10 heavy (non-hydrogen) atoms. The molecule has 0 aromatic carbocycles. The molecule has 3 heteroatoms. The van der Waals surface area contributed by atoms with Gasteiger partial charge in [-0.05, 0) is 7.05 Å². The van der Waals surface area contributed by atoms with Crippen LogP contribution in [-0.4, -0.2) is 49.8 Å². The van der Waals surface area contributed by atoms with Crippen LogP contribution in [0.2, 0.25) is 0 Å². The van der Waals surface area contributed by atoms with Gasteiger partial charge >= 0.3 is 0 Å². The van der Waals surface area contributed by atoms with Gasteiger partial charge in [0.15, 0.2) is 0 Å². The van der Waals surface area contributed by atoms with Crippen molar-refractivity contribution in [2.45, 2.75) is 0 Å². The Morgan fingerprint density at radius 2 is 2.50 bits per heavy atom. The fraction of sp³-hybridized carbons (Fsp3) is 1.00. The molecule has 0 saturated carbocycles. The molecule has 1 aliphatic rings. The van der Waals surface area contributed by atoms with E-state index in [1.807, 2.05) is 0 Å². The molecule has 1 fully saturated rings. The van der Waals surface area contributed by atoms with Crippen molar-refractivity contribution in [1.82, 2.24) is 10.2 Å². The molecule has 1 unspecified atom stereocenters. The largest absolute Gasteiger partial charge is 0.396 e. The average Bonchev–Trinajstić information content (AvgIpc) is 2.13. The molecule has 0 aliphatic carbocycles. The van der Waals surface area contributed by atoms with Crippen molar-refractivity contribution in [3.8, 4) is 0 Å². The summed E-state index contributed by atoms with van der Waals surface area (Å²) in [4.78, 5) is 2.25. The van der Waals surface area contributed by atoms with Gasteiger partial charge in [-0.15, -0.1) is 0 Å². The lowest BCUT2D eigenvalue weighted by atomic mass is 10.1. The highest BCUT2D eigenvalue weighted by molar-refractivity contribution is 4.70. The summed E-state index contributed by atoms with van der Waals surface area (Å²) in [6.45, 7) is 4.42. The van der Waals surface area contributed by atoms with E-state index >= 15 is 0 Å². The van der Waals surface area contributed by atoms with E-state index in [4.69, 9.17) is 5.11 Å². The normalized spacial score (nSPS) is 30.0. The Kier molecular flexibility index (Phi) is 3.12. The summed E-state index contributed by atoms with van der Waals surface area (Å²) in [5, 5.41) is 12.1. The van der Waals surface area contributed by atoms with Gasteiger partial charge < -0.3 is 15.3 Å². The second-order valence-electron chi connectivity index (χ2n) is 3.01. The number of hydrogen-bond donors (Lipinski definition) is 2. The van der Waals surface area contributed by atoms with E-state index in [1.54, 1.807) is 0 Å². The molecule has 1 saturated heterocycles. The zero-order valence-electron chi connectivity index (χ0n) is 6.51. The first-order valence-corrected chi connectivity index (χ1v) is 3.83. The number of likely N-dealkylation sites (N-methyl/N-ethyl adjacent to an activating group) is 1. The standard InChI is InChI=1S/C7H16N2O/c1-9-3-2-8-4-7(5-9)6-10/h7-8,10H,2-6H2,1H3. The Morgan fingerprint density at radius 1 is 1.70 bits per heavy atom. The molecule has 0 radical (unpaired) electrons. The summed E-state index contributed by atoms with van der Waals surface area (Å²) in [7, 11) is 2.09. The second kappa shape index (κ2) is 3.91. The van der Waals surface area contributed by atoms with Crippen LogP contribution in [0.5, 0.6) is 0 Å². The Hall–Kier alpha value is -0.120. The maximum atomic E-state index is 8.87. The van der Waals surface area contributed by atoms with Gasteiger partial charge in [0.1, 0.15) is 0 Å². The Bertz CT molecular complexity index is 97.6. The summed E-state index contributed by atoms with van der Waals surface area (Å²) in [5.41, 5.74) is 0. The lowest BCUT2D eigenvalue weighted by molar-refractivity contribution is 0.195. The van der Waals surface area contributed by atoms with E-state index in [0.717, 1.165) is 26.2 Å². The monoisotopic (exact) mass is 144 g/mol. The SMILES string of the molecule is CN1CCNCC(CO)C1. The van der Waals surface area contributed by atoms with Crippen LogP contribution < -0.4 is 5.32 Å². The fourth-order valence-corrected chi connectivity index (χ4v) is 1.29. The van der Waals surface area contributed by atoms with Crippen LogP contribution in [0.3, 0.4) is 0 Å². The van der Waals surface area contributed by atoms with Crippen molar-refractivity contribution < 1.29 is 5.11 Å². The summed E-state index contributed by atoms with van der Waals surface area (Å²) in [5.74, 6) is 0.424. The van der Waals surface area contributed by atoms with E-state index in [0.29, 0.717) is 12.5 Å². The summed E-state index contributed by atoms with van der Waals surface area (Å²) in [6, 6.07) is 0. The van der Waals surface area contributed by atoms with E-state index in [1.165, 1.54) is 0 Å². The lowest BCUT2D eigenvalue weighted by Gasteiger charge is -2.16.